The van der Waals surface area contributed by atoms with Crippen LogP contribution in [0.25, 0.3) is 0 Å². The first-order valence-electron chi connectivity index (χ1n) is 11.6. The second kappa shape index (κ2) is 10.9. The summed E-state index contributed by atoms with van der Waals surface area (Å²) in [5, 5.41) is 2.74. The molecule has 0 bridgehead atoms. The van der Waals surface area contributed by atoms with Crippen molar-refractivity contribution in [3.63, 3.8) is 0 Å². The van der Waals surface area contributed by atoms with E-state index >= 15 is 0 Å². The molecule has 3 aromatic heterocycles. The van der Waals surface area contributed by atoms with Gasteiger partial charge in [0.1, 0.15) is 0 Å². The van der Waals surface area contributed by atoms with E-state index in [0.29, 0.717) is 39.2 Å². The summed E-state index contributed by atoms with van der Waals surface area (Å²) in [5.41, 5.74) is 8.77. The van der Waals surface area contributed by atoms with Gasteiger partial charge in [-0.3, -0.25) is 14.6 Å². The van der Waals surface area contributed by atoms with E-state index in [4.69, 9.17) is 5.73 Å². The number of carbonyl (C=O) groups is 1. The number of amides is 1. The van der Waals surface area contributed by atoms with Crippen molar-refractivity contribution in [2.45, 2.75) is 31.2 Å². The summed E-state index contributed by atoms with van der Waals surface area (Å²) in [5.74, 6) is -1.23. The molecule has 0 saturated heterocycles. The largest absolute Gasteiger partial charge is 0.381 e. The highest BCUT2D eigenvalue weighted by molar-refractivity contribution is 7.90. The highest BCUT2D eigenvalue weighted by atomic mass is 32.2. The molecule has 0 unspecified atom stereocenters. The number of aromatic nitrogens is 3. The Morgan fingerprint density at radius 2 is 1.87 bits per heavy atom. The Kier molecular flexibility index (Phi) is 7.67. The minimum atomic E-state index is -3.58. The molecule has 4 N–H and O–H groups in total. The van der Waals surface area contributed by atoms with Gasteiger partial charge in [-0.05, 0) is 53.9 Å². The molecule has 1 amide bonds. The van der Waals surface area contributed by atoms with Crippen molar-refractivity contribution in [2.75, 3.05) is 12.0 Å². The first-order valence-corrected chi connectivity index (χ1v) is 13.5. The highest BCUT2D eigenvalue weighted by Crippen LogP contribution is 2.22. The summed E-state index contributed by atoms with van der Waals surface area (Å²) in [4.78, 5) is 35.8. The topological polar surface area (TPSA) is 148 Å². The van der Waals surface area contributed by atoms with Crippen LogP contribution >= 0.6 is 0 Å². The lowest BCUT2D eigenvalue weighted by molar-refractivity contribution is 0.0950. The minimum absolute atomic E-state index is 0.0654. The Labute approximate surface area is 218 Å². The van der Waals surface area contributed by atoms with Gasteiger partial charge in [-0.2, -0.15) is 0 Å². The standard InChI is InChI=1S/C27H26FN5O4S/c1-16-21(14-23(28)25(29)33-16)15-32-27(35)20-7-9-30-22(13-20)10-17-5-6-18(24(11-17)38(2,36)37)12-19-4-3-8-31-26(19)34/h3-9,11,13-14H,10,12,15H2,1-2H3,(H2,29,33)(H,31,34)(H,32,35). The molecule has 3 heterocycles. The molecule has 0 radical (unpaired) electrons. The van der Waals surface area contributed by atoms with Crippen molar-refractivity contribution in [1.82, 2.24) is 20.3 Å². The molecule has 0 saturated carbocycles. The molecule has 9 nitrogen and oxygen atoms in total. The normalized spacial score (nSPS) is 11.3. The molecule has 0 aliphatic heterocycles. The molecular weight excluding hydrogens is 509 g/mol. The fraction of sp³-hybridized carbons (Fsp3) is 0.185. The SMILES string of the molecule is Cc1nc(N)c(F)cc1CNC(=O)c1ccnc(Cc2ccc(Cc3ccc[nH]c3=O)c(S(C)(=O)=O)c2)c1. The maximum atomic E-state index is 13.8. The van der Waals surface area contributed by atoms with Crippen molar-refractivity contribution in [3.8, 4) is 0 Å². The van der Waals surface area contributed by atoms with Crippen molar-refractivity contribution in [2.24, 2.45) is 0 Å². The lowest BCUT2D eigenvalue weighted by Gasteiger charge is -2.12. The lowest BCUT2D eigenvalue weighted by atomic mass is 10.0. The van der Waals surface area contributed by atoms with Crippen LogP contribution in [0.15, 0.2) is 70.6 Å². The number of nitrogens with zero attached hydrogens (tertiary/aromatic N) is 2. The van der Waals surface area contributed by atoms with Crippen molar-refractivity contribution in [1.29, 1.82) is 0 Å². The van der Waals surface area contributed by atoms with E-state index in [-0.39, 0.29) is 41.6 Å². The maximum absolute atomic E-state index is 13.8. The van der Waals surface area contributed by atoms with E-state index in [0.717, 1.165) is 6.26 Å². The molecule has 0 fully saturated rings. The number of halogens is 1. The number of anilines is 1. The van der Waals surface area contributed by atoms with Crippen LogP contribution in [0.1, 0.15) is 44.0 Å². The zero-order valence-electron chi connectivity index (χ0n) is 20.8. The molecule has 0 aliphatic rings. The number of carbonyl (C=O) groups excluding carboxylic acids is 1. The van der Waals surface area contributed by atoms with Crippen LogP contribution in [0.5, 0.6) is 0 Å². The van der Waals surface area contributed by atoms with Crippen molar-refractivity contribution in [3.05, 3.63) is 116 Å². The molecule has 0 atom stereocenters. The molecule has 11 heteroatoms. The summed E-state index contributed by atoms with van der Waals surface area (Å²) >= 11 is 0. The van der Waals surface area contributed by atoms with Gasteiger partial charge in [-0.15, -0.1) is 0 Å². The predicted octanol–water partition coefficient (Wildman–Crippen LogP) is 2.71. The Hall–Kier alpha value is -4.38. The third-order valence-corrected chi connectivity index (χ3v) is 7.19. The Bertz CT molecular complexity index is 1690. The molecule has 1 aromatic carbocycles. The number of hydrogen-bond donors (Lipinski definition) is 3. The Morgan fingerprint density at radius 1 is 1.08 bits per heavy atom. The summed E-state index contributed by atoms with van der Waals surface area (Å²) in [7, 11) is -3.58. The van der Waals surface area contributed by atoms with Gasteiger partial charge in [-0.25, -0.2) is 17.8 Å². The number of aromatic amines is 1. The lowest BCUT2D eigenvalue weighted by Crippen LogP contribution is -2.24. The van der Waals surface area contributed by atoms with Crippen LogP contribution in [0.3, 0.4) is 0 Å². The van der Waals surface area contributed by atoms with Crippen LogP contribution in [-0.2, 0) is 29.2 Å². The third-order valence-electron chi connectivity index (χ3n) is 6.01. The first kappa shape index (κ1) is 26.7. The van der Waals surface area contributed by atoms with Crippen LogP contribution in [0, 0.1) is 12.7 Å². The summed E-state index contributed by atoms with van der Waals surface area (Å²) in [6.45, 7) is 1.74. The predicted molar refractivity (Wildman–Crippen MR) is 141 cm³/mol. The highest BCUT2D eigenvalue weighted by Gasteiger charge is 2.17. The van der Waals surface area contributed by atoms with E-state index in [1.807, 2.05) is 0 Å². The van der Waals surface area contributed by atoms with E-state index < -0.39 is 15.7 Å². The van der Waals surface area contributed by atoms with E-state index in [1.54, 1.807) is 49.4 Å². The Morgan fingerprint density at radius 3 is 2.61 bits per heavy atom. The number of nitrogen functional groups attached to an aromatic ring is 1. The minimum Gasteiger partial charge on any atom is -0.381 e. The zero-order valence-corrected chi connectivity index (χ0v) is 21.6. The monoisotopic (exact) mass is 535 g/mol. The van der Waals surface area contributed by atoms with Gasteiger partial charge < -0.3 is 16.0 Å². The molecule has 196 valence electrons. The zero-order chi connectivity index (χ0) is 27.4. The number of H-pyrrole nitrogens is 1. The van der Waals surface area contributed by atoms with Gasteiger partial charge in [0.25, 0.3) is 11.5 Å². The number of sulfone groups is 1. The molecule has 4 rings (SSSR count). The van der Waals surface area contributed by atoms with Gasteiger partial charge in [0, 0.05) is 60.6 Å². The summed E-state index contributed by atoms with van der Waals surface area (Å²) < 4.78 is 38.8. The van der Waals surface area contributed by atoms with Gasteiger partial charge >= 0.3 is 0 Å². The summed E-state index contributed by atoms with van der Waals surface area (Å²) in [6.07, 6.45) is 4.58. The average molecular weight is 536 g/mol. The number of nitrogens with two attached hydrogens (primary N) is 1. The van der Waals surface area contributed by atoms with Crippen molar-refractivity contribution >= 4 is 21.6 Å². The smallest absolute Gasteiger partial charge is 0.251 e. The van der Waals surface area contributed by atoms with Crippen LogP contribution in [0.2, 0.25) is 0 Å². The van der Waals surface area contributed by atoms with Gasteiger partial charge in [0.2, 0.25) is 0 Å². The van der Waals surface area contributed by atoms with E-state index in [2.05, 4.69) is 20.3 Å². The maximum Gasteiger partial charge on any atom is 0.251 e. The number of nitrogens with one attached hydrogen (secondary N) is 2. The number of hydrogen-bond acceptors (Lipinski definition) is 7. The second-order valence-corrected chi connectivity index (χ2v) is 10.9. The quantitative estimate of drug-likeness (QED) is 0.314. The fourth-order valence-electron chi connectivity index (χ4n) is 4.02. The van der Waals surface area contributed by atoms with Crippen LogP contribution in [-0.4, -0.2) is 35.5 Å². The Balaban J connectivity index is 1.52. The molecule has 0 aliphatic carbocycles. The average Bonchev–Trinajstić information content (AvgIpc) is 2.87. The van der Waals surface area contributed by atoms with Crippen molar-refractivity contribution < 1.29 is 17.6 Å². The number of pyridine rings is 3. The second-order valence-electron chi connectivity index (χ2n) is 8.91. The van der Waals surface area contributed by atoms with E-state index in [1.165, 1.54) is 18.5 Å². The number of rotatable bonds is 8. The summed E-state index contributed by atoms with van der Waals surface area (Å²) in [6, 6.07) is 12.8. The molecular formula is C27H26FN5O4S. The fourth-order valence-corrected chi connectivity index (χ4v) is 5.00. The number of benzene rings is 1. The van der Waals surface area contributed by atoms with Crippen LogP contribution < -0.4 is 16.6 Å². The third kappa shape index (κ3) is 6.30. The molecule has 4 aromatic rings. The molecule has 0 spiro atoms. The van der Waals surface area contributed by atoms with Gasteiger partial charge in [-0.1, -0.05) is 18.2 Å². The van der Waals surface area contributed by atoms with Gasteiger partial charge in [0.05, 0.1) is 4.90 Å². The van der Waals surface area contributed by atoms with Crippen LogP contribution in [0.4, 0.5) is 10.2 Å². The van der Waals surface area contributed by atoms with E-state index in [9.17, 15) is 22.4 Å². The number of aryl methyl sites for hydroxylation is 1. The van der Waals surface area contributed by atoms with Gasteiger partial charge in [0.15, 0.2) is 21.5 Å². The first-order chi connectivity index (χ1) is 18.0. The molecule has 38 heavy (non-hydrogen) atoms.